The highest BCUT2D eigenvalue weighted by Gasteiger charge is 2.13. The van der Waals surface area contributed by atoms with E-state index >= 15 is 0 Å². The highest BCUT2D eigenvalue weighted by atomic mass is 32.2. The van der Waals surface area contributed by atoms with Crippen LogP contribution in [0.5, 0.6) is 0 Å². The van der Waals surface area contributed by atoms with E-state index in [0.29, 0.717) is 5.69 Å². The molecule has 26 heavy (non-hydrogen) atoms. The zero-order chi connectivity index (χ0) is 18.5. The third-order valence-corrected chi connectivity index (χ3v) is 3.93. The molecule has 0 saturated carbocycles. The van der Waals surface area contributed by atoms with Gasteiger partial charge in [-0.1, -0.05) is 12.1 Å². The molecule has 11 heteroatoms. The lowest BCUT2D eigenvalue weighted by atomic mass is 10.1. The molecule has 1 aliphatic rings. The minimum Gasteiger partial charge on any atom is -0.368 e. The number of hydrazine groups is 1. The Morgan fingerprint density at radius 1 is 1.19 bits per heavy atom. The Hall–Kier alpha value is -3.31. The number of nitrogens with one attached hydrogen (secondary N) is 4. The van der Waals surface area contributed by atoms with E-state index in [9.17, 15) is 9.59 Å². The molecule has 134 valence electrons. The Morgan fingerprint density at radius 2 is 1.96 bits per heavy atom. The smallest absolute Gasteiger partial charge is 0.254 e. The van der Waals surface area contributed by atoms with E-state index in [2.05, 4.69) is 30.9 Å². The highest BCUT2D eigenvalue weighted by molar-refractivity contribution is 8.00. The Bertz CT molecular complexity index is 868. The molecule has 0 saturated heterocycles. The topological polar surface area (TPSA) is 160 Å². The summed E-state index contributed by atoms with van der Waals surface area (Å²) in [6.45, 7) is -0.127. The number of nitrogens with zero attached hydrogens (tertiary/aromatic N) is 2. The fourth-order valence-corrected chi connectivity index (χ4v) is 2.66. The predicted molar refractivity (Wildman–Crippen MR) is 99.8 cm³/mol. The van der Waals surface area contributed by atoms with Crippen LogP contribution >= 0.6 is 11.9 Å². The summed E-state index contributed by atoms with van der Waals surface area (Å²) >= 11 is 1.45. The monoisotopic (exact) mass is 372 g/mol. The van der Waals surface area contributed by atoms with Crippen molar-refractivity contribution < 1.29 is 9.59 Å². The third kappa shape index (κ3) is 4.20. The lowest BCUT2D eigenvalue weighted by Gasteiger charge is -2.12. The van der Waals surface area contributed by atoms with Gasteiger partial charge in [0.25, 0.3) is 5.91 Å². The van der Waals surface area contributed by atoms with Crippen molar-refractivity contribution in [2.45, 2.75) is 0 Å². The Labute approximate surface area is 152 Å². The molecule has 0 fully saturated rings. The first-order valence-corrected chi connectivity index (χ1v) is 8.34. The molecular formula is C15H16N8O2S. The number of primary amides is 2. The maximum atomic E-state index is 11.6. The normalized spacial score (nSPS) is 12.8. The van der Waals surface area contributed by atoms with Crippen LogP contribution in [0.1, 0.15) is 15.9 Å². The summed E-state index contributed by atoms with van der Waals surface area (Å²) in [5, 5.41) is 7.65. The van der Waals surface area contributed by atoms with Crippen LogP contribution in [-0.4, -0.2) is 28.3 Å². The standard InChI is InChI=1S/C15H16N8O2S/c16-12(24)6-19-15-18-5-10(13(17)25)14(21-15)20-9-3-1-8(2-4-9)11-7-26-23-22-11/h1-5,7,22-23H,6H2,(H2,16,24)(H2,17,25)(H2,18,19,20,21). The van der Waals surface area contributed by atoms with E-state index in [0.717, 1.165) is 11.3 Å². The summed E-state index contributed by atoms with van der Waals surface area (Å²) in [6.07, 6.45) is 1.28. The van der Waals surface area contributed by atoms with Gasteiger partial charge in [-0.3, -0.25) is 9.59 Å². The van der Waals surface area contributed by atoms with Crippen molar-refractivity contribution in [2.75, 3.05) is 17.2 Å². The fraction of sp³-hybridized carbons (Fsp3) is 0.0667. The quantitative estimate of drug-likeness (QED) is 0.375. The van der Waals surface area contributed by atoms with Gasteiger partial charge in [0.15, 0.2) is 0 Å². The van der Waals surface area contributed by atoms with Gasteiger partial charge in [-0.05, 0) is 29.6 Å². The largest absolute Gasteiger partial charge is 0.368 e. The van der Waals surface area contributed by atoms with Gasteiger partial charge in [0.1, 0.15) is 11.4 Å². The Balaban J connectivity index is 1.81. The van der Waals surface area contributed by atoms with Gasteiger partial charge in [-0.25, -0.2) is 4.98 Å². The molecular weight excluding hydrogens is 356 g/mol. The number of anilines is 3. The fourth-order valence-electron chi connectivity index (χ4n) is 2.12. The van der Waals surface area contributed by atoms with E-state index in [-0.39, 0.29) is 23.9 Å². The number of hydrogen-bond donors (Lipinski definition) is 6. The molecule has 3 rings (SSSR count). The maximum Gasteiger partial charge on any atom is 0.254 e. The van der Waals surface area contributed by atoms with Gasteiger partial charge in [-0.15, -0.1) is 0 Å². The second kappa shape index (κ2) is 7.72. The summed E-state index contributed by atoms with van der Waals surface area (Å²) in [4.78, 5) is 33.5. The molecule has 2 amide bonds. The second-order valence-corrected chi connectivity index (χ2v) is 5.89. The highest BCUT2D eigenvalue weighted by Crippen LogP contribution is 2.23. The molecule has 1 aromatic heterocycles. The number of carbonyl (C=O) groups excluding carboxylic acids is 2. The minimum absolute atomic E-state index is 0.125. The molecule has 0 spiro atoms. The van der Waals surface area contributed by atoms with Crippen LogP contribution < -0.4 is 32.4 Å². The summed E-state index contributed by atoms with van der Waals surface area (Å²) in [5.74, 6) is -0.854. The molecule has 1 aliphatic heterocycles. The van der Waals surface area contributed by atoms with Gasteiger partial charge in [-0.2, -0.15) is 9.82 Å². The van der Waals surface area contributed by atoms with E-state index in [4.69, 9.17) is 11.5 Å². The summed E-state index contributed by atoms with van der Waals surface area (Å²) < 4.78 is 0. The molecule has 8 N–H and O–H groups in total. The van der Waals surface area contributed by atoms with Crippen molar-refractivity contribution in [1.29, 1.82) is 0 Å². The Kier molecular flexibility index (Phi) is 5.20. The molecule has 0 unspecified atom stereocenters. The lowest BCUT2D eigenvalue weighted by molar-refractivity contribution is -0.116. The van der Waals surface area contributed by atoms with Gasteiger partial charge < -0.3 is 27.5 Å². The van der Waals surface area contributed by atoms with Crippen LogP contribution in [0.3, 0.4) is 0 Å². The van der Waals surface area contributed by atoms with Crippen molar-refractivity contribution in [3.05, 3.63) is 47.0 Å². The van der Waals surface area contributed by atoms with Crippen molar-refractivity contribution in [3.63, 3.8) is 0 Å². The molecule has 0 bridgehead atoms. The molecule has 2 aromatic rings. The van der Waals surface area contributed by atoms with Crippen molar-refractivity contribution >= 4 is 46.9 Å². The lowest BCUT2D eigenvalue weighted by Crippen LogP contribution is -2.23. The van der Waals surface area contributed by atoms with Crippen molar-refractivity contribution in [1.82, 2.24) is 20.2 Å². The molecule has 0 atom stereocenters. The van der Waals surface area contributed by atoms with Crippen molar-refractivity contribution in [2.24, 2.45) is 11.5 Å². The third-order valence-electron chi connectivity index (χ3n) is 3.35. The Morgan fingerprint density at radius 3 is 2.58 bits per heavy atom. The first-order chi connectivity index (χ1) is 12.5. The van der Waals surface area contributed by atoms with Gasteiger partial charge in [0, 0.05) is 17.3 Å². The number of nitrogens with two attached hydrogens (primary N) is 2. The minimum atomic E-state index is -0.672. The summed E-state index contributed by atoms with van der Waals surface area (Å²) in [7, 11) is 0. The zero-order valence-corrected chi connectivity index (χ0v) is 14.3. The predicted octanol–water partition coefficient (Wildman–Crippen LogP) is 0.271. The van der Waals surface area contributed by atoms with Crippen LogP contribution in [0, 0.1) is 0 Å². The van der Waals surface area contributed by atoms with Gasteiger partial charge in [0.05, 0.1) is 12.2 Å². The number of amides is 2. The van der Waals surface area contributed by atoms with Crippen LogP contribution in [0.4, 0.5) is 17.5 Å². The first kappa shape index (κ1) is 17.5. The van der Waals surface area contributed by atoms with Crippen LogP contribution in [0.15, 0.2) is 35.9 Å². The molecule has 2 heterocycles. The summed E-state index contributed by atoms with van der Waals surface area (Å²) in [5.41, 5.74) is 16.3. The van der Waals surface area contributed by atoms with Crippen LogP contribution in [0.2, 0.25) is 0 Å². The first-order valence-electron chi connectivity index (χ1n) is 7.46. The van der Waals surface area contributed by atoms with Gasteiger partial charge in [0.2, 0.25) is 11.9 Å². The molecule has 0 radical (unpaired) electrons. The van der Waals surface area contributed by atoms with E-state index in [1.165, 1.54) is 18.1 Å². The van der Waals surface area contributed by atoms with Crippen molar-refractivity contribution in [3.8, 4) is 0 Å². The zero-order valence-electron chi connectivity index (χ0n) is 13.4. The van der Waals surface area contributed by atoms with Gasteiger partial charge >= 0.3 is 0 Å². The molecule has 1 aromatic carbocycles. The van der Waals surface area contributed by atoms with Crippen LogP contribution in [-0.2, 0) is 4.79 Å². The molecule has 10 nitrogen and oxygen atoms in total. The second-order valence-electron chi connectivity index (χ2n) is 5.22. The summed E-state index contributed by atoms with van der Waals surface area (Å²) in [6, 6.07) is 7.49. The molecule has 0 aliphatic carbocycles. The van der Waals surface area contributed by atoms with E-state index < -0.39 is 11.8 Å². The van der Waals surface area contributed by atoms with Crippen LogP contribution in [0.25, 0.3) is 5.70 Å². The SMILES string of the molecule is NC(=O)CNc1ncc(C(N)=O)c(Nc2ccc(C3=CSNN3)cc2)n1. The number of benzene rings is 1. The maximum absolute atomic E-state index is 11.6. The van der Waals surface area contributed by atoms with E-state index in [1.54, 1.807) is 0 Å². The number of aromatic nitrogens is 2. The average molecular weight is 372 g/mol. The number of rotatable bonds is 7. The number of carbonyl (C=O) groups is 2. The number of hydrogen-bond acceptors (Lipinski definition) is 9. The van der Waals surface area contributed by atoms with E-state index in [1.807, 2.05) is 29.7 Å². The average Bonchev–Trinajstić information content (AvgIpc) is 3.15.